The van der Waals surface area contributed by atoms with Gasteiger partial charge in [0.15, 0.2) is 23.6 Å². The first-order valence-electron chi connectivity index (χ1n) is 10.5. The van der Waals surface area contributed by atoms with Gasteiger partial charge in [-0.3, -0.25) is 13.7 Å². The maximum absolute atomic E-state index is 11.7. The van der Waals surface area contributed by atoms with Crippen molar-refractivity contribution in [3.63, 3.8) is 0 Å². The van der Waals surface area contributed by atoms with E-state index in [1.165, 1.54) is 36.9 Å². The summed E-state index contributed by atoms with van der Waals surface area (Å²) in [6.45, 7) is 9.44. The largest absolute Gasteiger partial charge is 0.387 e. The normalized spacial score (nSPS) is 24.7. The van der Waals surface area contributed by atoms with Crippen molar-refractivity contribution in [2.45, 2.75) is 45.3 Å². The van der Waals surface area contributed by atoms with Crippen molar-refractivity contribution in [3.8, 4) is 0 Å². The lowest BCUT2D eigenvalue weighted by Crippen LogP contribution is -2.33. The number of aliphatic hydroxyl groups is 2. The lowest BCUT2D eigenvalue weighted by molar-refractivity contribution is -0.0483. The zero-order valence-electron chi connectivity index (χ0n) is 19.1. The molecule has 3 heterocycles. The second-order valence-electron chi connectivity index (χ2n) is 7.49. The number of nitrogen functional groups attached to an aromatic ring is 1. The minimum Gasteiger partial charge on any atom is -0.387 e. The zero-order chi connectivity index (χ0) is 25.7. The molecular formula is C17H32N6O9P2. The number of nitrogens with zero attached hydrogens (tertiary/aromatic N) is 5. The number of fused-ring (bicyclic) bond motifs is 1. The Hall–Kier alpha value is -1.51. The van der Waals surface area contributed by atoms with Gasteiger partial charge in [0.05, 0.1) is 12.9 Å². The molecule has 17 heteroatoms. The SMILES string of the molecule is CCN(CC)CC.Nc1ncnc2c1ncn2[C@H]1O[C@@H](COP(=O)(O)CP(=O)(O)O)[C@H](O)[C@@H]1O. The van der Waals surface area contributed by atoms with Gasteiger partial charge in [0.2, 0.25) is 0 Å². The molecule has 34 heavy (non-hydrogen) atoms. The Bertz CT molecular complexity index is 1020. The van der Waals surface area contributed by atoms with Gasteiger partial charge in [-0.05, 0) is 19.6 Å². The Kier molecular flexibility index (Phi) is 10.1. The van der Waals surface area contributed by atoms with E-state index in [4.69, 9.17) is 20.3 Å². The molecule has 7 N–H and O–H groups in total. The van der Waals surface area contributed by atoms with Crippen molar-refractivity contribution >= 4 is 32.2 Å². The van der Waals surface area contributed by atoms with Crippen LogP contribution in [0.1, 0.15) is 27.0 Å². The summed E-state index contributed by atoms with van der Waals surface area (Å²) >= 11 is 0. The van der Waals surface area contributed by atoms with Gasteiger partial charge in [-0.1, -0.05) is 20.8 Å². The minimum absolute atomic E-state index is 0.102. The number of anilines is 1. The van der Waals surface area contributed by atoms with Crippen LogP contribution in [-0.2, 0) is 18.4 Å². The molecule has 2 aromatic heterocycles. The Morgan fingerprint density at radius 3 is 2.24 bits per heavy atom. The summed E-state index contributed by atoms with van der Waals surface area (Å²) in [5.74, 6) is -1.28. The Morgan fingerprint density at radius 1 is 1.09 bits per heavy atom. The highest BCUT2D eigenvalue weighted by atomic mass is 31.2. The van der Waals surface area contributed by atoms with E-state index >= 15 is 0 Å². The van der Waals surface area contributed by atoms with E-state index in [1.54, 1.807) is 0 Å². The summed E-state index contributed by atoms with van der Waals surface area (Å²) in [7, 11) is -9.42. The van der Waals surface area contributed by atoms with Crippen LogP contribution in [0, 0.1) is 0 Å². The van der Waals surface area contributed by atoms with Crippen molar-refractivity contribution < 1.29 is 43.3 Å². The molecule has 0 amide bonds. The van der Waals surface area contributed by atoms with Gasteiger partial charge < -0.3 is 44.8 Å². The molecule has 1 unspecified atom stereocenters. The summed E-state index contributed by atoms with van der Waals surface area (Å²) in [4.78, 5) is 41.2. The van der Waals surface area contributed by atoms with Crippen LogP contribution >= 0.6 is 15.2 Å². The second-order valence-corrected chi connectivity index (χ2v) is 11.5. The minimum atomic E-state index is -4.79. The average molecular weight is 526 g/mol. The zero-order valence-corrected chi connectivity index (χ0v) is 20.9. The summed E-state index contributed by atoms with van der Waals surface area (Å²) in [5, 5.41) is 20.3. The number of ether oxygens (including phenoxy) is 1. The fourth-order valence-corrected chi connectivity index (χ4v) is 5.86. The highest BCUT2D eigenvalue weighted by Gasteiger charge is 2.45. The Labute approximate surface area is 196 Å². The Balaban J connectivity index is 0.000000509. The molecule has 5 atom stereocenters. The summed E-state index contributed by atoms with van der Waals surface area (Å²) < 4.78 is 33.9. The van der Waals surface area contributed by atoms with Crippen LogP contribution in [0.25, 0.3) is 11.2 Å². The molecule has 0 aromatic carbocycles. The second kappa shape index (κ2) is 12.0. The third kappa shape index (κ3) is 7.49. The predicted molar refractivity (Wildman–Crippen MR) is 122 cm³/mol. The third-order valence-corrected chi connectivity index (χ3v) is 8.60. The highest BCUT2D eigenvalue weighted by molar-refractivity contribution is 7.70. The van der Waals surface area contributed by atoms with E-state index in [9.17, 15) is 24.2 Å². The molecule has 15 nitrogen and oxygen atoms in total. The van der Waals surface area contributed by atoms with Gasteiger partial charge in [-0.15, -0.1) is 0 Å². The van der Waals surface area contributed by atoms with Gasteiger partial charge in [0.25, 0.3) is 0 Å². The summed E-state index contributed by atoms with van der Waals surface area (Å²) in [6.07, 6.45) is -2.94. The van der Waals surface area contributed by atoms with Crippen LogP contribution in [-0.4, -0.2) is 99.8 Å². The molecule has 0 radical (unpaired) electrons. The van der Waals surface area contributed by atoms with Crippen molar-refractivity contribution in [1.82, 2.24) is 24.4 Å². The van der Waals surface area contributed by atoms with Crippen LogP contribution in [0.15, 0.2) is 12.7 Å². The van der Waals surface area contributed by atoms with Gasteiger partial charge in [-0.2, -0.15) is 0 Å². The number of hydrogen-bond donors (Lipinski definition) is 6. The first-order valence-corrected chi connectivity index (χ1v) is 14.1. The summed E-state index contributed by atoms with van der Waals surface area (Å²) in [5.41, 5.74) is 6.17. The third-order valence-electron chi connectivity index (χ3n) is 5.14. The van der Waals surface area contributed by atoms with Crippen molar-refractivity contribution in [1.29, 1.82) is 0 Å². The molecule has 1 fully saturated rings. The van der Waals surface area contributed by atoms with E-state index < -0.39 is 52.2 Å². The molecule has 1 aliphatic rings. The molecular weight excluding hydrogens is 494 g/mol. The highest BCUT2D eigenvalue weighted by Crippen LogP contribution is 2.55. The van der Waals surface area contributed by atoms with E-state index in [1.807, 2.05) is 0 Å². The fourth-order valence-electron chi connectivity index (χ4n) is 3.29. The molecule has 0 aliphatic carbocycles. The van der Waals surface area contributed by atoms with Gasteiger partial charge in [0.1, 0.15) is 30.2 Å². The maximum atomic E-state index is 11.7. The summed E-state index contributed by atoms with van der Waals surface area (Å²) in [6, 6.07) is 0. The van der Waals surface area contributed by atoms with Crippen LogP contribution < -0.4 is 5.73 Å². The Morgan fingerprint density at radius 2 is 1.71 bits per heavy atom. The van der Waals surface area contributed by atoms with Crippen molar-refractivity contribution in [2.75, 3.05) is 37.9 Å². The molecule has 0 saturated carbocycles. The number of rotatable bonds is 9. The van der Waals surface area contributed by atoms with Gasteiger partial charge >= 0.3 is 15.2 Å². The number of imidazole rings is 1. The molecule has 194 valence electrons. The van der Waals surface area contributed by atoms with Crippen LogP contribution in [0.5, 0.6) is 0 Å². The van der Waals surface area contributed by atoms with Crippen LogP contribution in [0.2, 0.25) is 0 Å². The lowest BCUT2D eigenvalue weighted by atomic mass is 10.1. The number of hydrogen-bond acceptors (Lipinski definition) is 11. The predicted octanol–water partition coefficient (Wildman–Crippen LogP) is -0.287. The number of aromatic nitrogens is 4. The molecule has 0 bridgehead atoms. The maximum Gasteiger partial charge on any atom is 0.340 e. The molecule has 3 rings (SSSR count). The first-order chi connectivity index (χ1) is 15.8. The molecule has 1 aliphatic heterocycles. The fraction of sp³-hybridized carbons (Fsp3) is 0.706. The average Bonchev–Trinajstić information content (AvgIpc) is 3.29. The smallest absolute Gasteiger partial charge is 0.340 e. The van der Waals surface area contributed by atoms with Crippen LogP contribution in [0.4, 0.5) is 5.82 Å². The molecule has 1 saturated heterocycles. The van der Waals surface area contributed by atoms with E-state index in [0.717, 1.165) is 0 Å². The lowest BCUT2D eigenvalue weighted by Gasteiger charge is -2.18. The topological polar surface area (TPSA) is 227 Å². The quantitative estimate of drug-likeness (QED) is 0.231. The van der Waals surface area contributed by atoms with Gasteiger partial charge in [-0.25, -0.2) is 15.0 Å². The first kappa shape index (κ1) is 28.7. The molecule has 0 spiro atoms. The standard InChI is InChI=1S/C11H17N5O9P2.C6H15N/c12-9-6-10(14-2-13-9)16(3-15-6)11-8(18)7(17)5(25-11)1-24-27(22,23)4-26(19,20)21;1-4-7(5-2)6-3/h2-3,5,7-8,11,17-18H,1,4H2,(H,22,23)(H2,12,13,14)(H2,19,20,21);4-6H2,1-3H3/t5-,7-,8-,11-;/m0./s1. The van der Waals surface area contributed by atoms with E-state index in [2.05, 4.69) is 45.1 Å². The monoisotopic (exact) mass is 526 g/mol. The van der Waals surface area contributed by atoms with Gasteiger partial charge in [0, 0.05) is 0 Å². The van der Waals surface area contributed by atoms with Crippen molar-refractivity contribution in [2.24, 2.45) is 0 Å². The number of aliphatic hydroxyl groups excluding tert-OH is 2. The van der Waals surface area contributed by atoms with E-state index in [-0.39, 0.29) is 17.0 Å². The van der Waals surface area contributed by atoms with Crippen LogP contribution in [0.3, 0.4) is 0 Å². The molecule has 2 aromatic rings. The van der Waals surface area contributed by atoms with E-state index in [0.29, 0.717) is 0 Å². The van der Waals surface area contributed by atoms with Crippen molar-refractivity contribution in [3.05, 3.63) is 12.7 Å². The number of nitrogens with two attached hydrogens (primary N) is 1.